The fraction of sp³-hybridized carbons (Fsp3) is 0.0667. The summed E-state index contributed by atoms with van der Waals surface area (Å²) in [4.78, 5) is 24.9. The number of hydrogen-bond donors (Lipinski definition) is 0. The van der Waals surface area contributed by atoms with Crippen molar-refractivity contribution >= 4 is 33.5 Å². The molecule has 0 amide bonds. The summed E-state index contributed by atoms with van der Waals surface area (Å²) in [6.07, 6.45) is 0. The summed E-state index contributed by atoms with van der Waals surface area (Å²) in [5.41, 5.74) is 1.48. The molecule has 0 aliphatic carbocycles. The molecule has 0 unspecified atom stereocenters. The van der Waals surface area contributed by atoms with E-state index in [9.17, 15) is 27.2 Å². The van der Waals surface area contributed by atoms with E-state index >= 15 is 0 Å². The Balaban J connectivity index is 1.47. The van der Waals surface area contributed by atoms with Crippen molar-refractivity contribution in [1.82, 2.24) is 0 Å². The molecule has 0 radical (unpaired) electrons. The van der Waals surface area contributed by atoms with Gasteiger partial charge < -0.3 is 9.47 Å². The van der Waals surface area contributed by atoms with E-state index in [1.54, 1.807) is 36.4 Å². The van der Waals surface area contributed by atoms with Gasteiger partial charge in [0.25, 0.3) is 0 Å². The number of carbonyl (C=O) groups excluding carboxylic acids is 2. The van der Waals surface area contributed by atoms with Crippen LogP contribution in [0.15, 0.2) is 72.8 Å². The molecule has 0 aliphatic heterocycles. The van der Waals surface area contributed by atoms with Crippen molar-refractivity contribution in [1.29, 1.82) is 0 Å². The summed E-state index contributed by atoms with van der Waals surface area (Å²) in [5.74, 6) is -5.62. The molecule has 0 spiro atoms. The fourth-order valence-electron chi connectivity index (χ4n) is 4.32. The van der Waals surface area contributed by atoms with Crippen LogP contribution in [0.2, 0.25) is 0 Å². The van der Waals surface area contributed by atoms with E-state index in [1.807, 2.05) is 13.8 Å². The number of hydrogen-bond acceptors (Lipinski definition) is 4. The molecule has 0 saturated heterocycles. The molecule has 0 atom stereocenters. The molecule has 0 heterocycles. The predicted molar refractivity (Wildman–Crippen MR) is 134 cm³/mol. The van der Waals surface area contributed by atoms with Crippen LogP contribution in [0, 0.1) is 37.1 Å². The molecule has 5 aromatic carbocycles. The summed E-state index contributed by atoms with van der Waals surface area (Å²) in [5, 5.41) is 3.31. The number of halogens is 4. The van der Waals surface area contributed by atoms with Crippen molar-refractivity contribution in [2.24, 2.45) is 0 Å². The Hall–Kier alpha value is -4.72. The predicted octanol–water partition coefficient (Wildman–Crippen LogP) is 7.60. The average Bonchev–Trinajstić information content (AvgIpc) is 2.90. The second-order valence-electron chi connectivity index (χ2n) is 8.70. The van der Waals surface area contributed by atoms with Gasteiger partial charge in [-0.1, -0.05) is 12.1 Å². The second-order valence-corrected chi connectivity index (χ2v) is 8.70. The molecule has 0 aromatic heterocycles. The van der Waals surface area contributed by atoms with Crippen molar-refractivity contribution in [2.45, 2.75) is 13.8 Å². The Kier molecular flexibility index (Phi) is 6.32. The summed E-state index contributed by atoms with van der Waals surface area (Å²) in [7, 11) is 0. The van der Waals surface area contributed by atoms with Gasteiger partial charge in [-0.3, -0.25) is 0 Å². The monoisotopic (exact) mass is 518 g/mol. The van der Waals surface area contributed by atoms with Gasteiger partial charge in [-0.05, 0) is 107 Å². The Bertz CT molecular complexity index is 1650. The molecule has 5 aromatic rings. The van der Waals surface area contributed by atoms with Crippen LogP contribution >= 0.6 is 0 Å². The van der Waals surface area contributed by atoms with Gasteiger partial charge in [0.2, 0.25) is 0 Å². The van der Waals surface area contributed by atoms with Gasteiger partial charge in [0.05, 0.1) is 11.1 Å². The molecule has 0 aliphatic rings. The molecular weight excluding hydrogens is 500 g/mol. The summed E-state index contributed by atoms with van der Waals surface area (Å²) >= 11 is 0. The highest BCUT2D eigenvalue weighted by Crippen LogP contribution is 2.36. The standard InChI is InChI=1S/C30H18F4O4/c1-15-21-7-5-20(38-30(36)18-4-10-26(32)28(34)12-18)14-24(21)16(2)22-8-6-19(13-23(15)22)37-29(35)17-3-9-25(31)27(33)11-17/h3-14H,1-2H3. The lowest BCUT2D eigenvalue weighted by Gasteiger charge is -2.15. The van der Waals surface area contributed by atoms with Crippen LogP contribution in [0.25, 0.3) is 21.5 Å². The highest BCUT2D eigenvalue weighted by molar-refractivity contribution is 6.06. The molecule has 190 valence electrons. The van der Waals surface area contributed by atoms with Crippen LogP contribution < -0.4 is 9.47 Å². The summed E-state index contributed by atoms with van der Waals surface area (Å²) in [6.45, 7) is 3.77. The topological polar surface area (TPSA) is 52.6 Å². The van der Waals surface area contributed by atoms with Gasteiger partial charge >= 0.3 is 11.9 Å². The normalized spacial score (nSPS) is 11.1. The van der Waals surface area contributed by atoms with Crippen LogP contribution in [-0.4, -0.2) is 11.9 Å². The number of benzene rings is 5. The first kappa shape index (κ1) is 25.0. The molecule has 5 rings (SSSR count). The number of carbonyl (C=O) groups is 2. The van der Waals surface area contributed by atoms with Crippen molar-refractivity contribution < 1.29 is 36.6 Å². The zero-order chi connectivity index (χ0) is 27.1. The van der Waals surface area contributed by atoms with E-state index < -0.39 is 35.2 Å². The van der Waals surface area contributed by atoms with Crippen LogP contribution in [0.5, 0.6) is 11.5 Å². The zero-order valence-corrected chi connectivity index (χ0v) is 20.1. The van der Waals surface area contributed by atoms with Crippen LogP contribution in [-0.2, 0) is 0 Å². The van der Waals surface area contributed by atoms with Crippen molar-refractivity contribution in [3.8, 4) is 11.5 Å². The van der Waals surface area contributed by atoms with Crippen molar-refractivity contribution in [3.05, 3.63) is 118 Å². The Morgan fingerprint density at radius 1 is 0.500 bits per heavy atom. The van der Waals surface area contributed by atoms with Gasteiger partial charge in [-0.25, -0.2) is 27.2 Å². The van der Waals surface area contributed by atoms with Crippen LogP contribution in [0.4, 0.5) is 17.6 Å². The molecule has 0 bridgehead atoms. The highest BCUT2D eigenvalue weighted by atomic mass is 19.2. The van der Waals surface area contributed by atoms with Gasteiger partial charge in [0, 0.05) is 0 Å². The molecule has 4 nitrogen and oxygen atoms in total. The SMILES string of the molecule is Cc1c2ccc(OC(=O)c3ccc(F)c(F)c3)cc2c(C)c2ccc(OC(=O)c3ccc(F)c(F)c3)cc12. The van der Waals surface area contributed by atoms with Crippen molar-refractivity contribution in [2.75, 3.05) is 0 Å². The molecule has 0 saturated carbocycles. The Morgan fingerprint density at radius 2 is 0.895 bits per heavy atom. The number of fused-ring (bicyclic) bond motifs is 2. The highest BCUT2D eigenvalue weighted by Gasteiger charge is 2.16. The largest absolute Gasteiger partial charge is 0.423 e. The average molecular weight is 518 g/mol. The van der Waals surface area contributed by atoms with Gasteiger partial charge in [-0.2, -0.15) is 0 Å². The second kappa shape index (κ2) is 9.63. The molecule has 8 heteroatoms. The summed E-state index contributed by atoms with van der Waals surface area (Å²) in [6, 6.07) is 15.6. The molecule has 38 heavy (non-hydrogen) atoms. The maximum absolute atomic E-state index is 13.5. The first-order valence-electron chi connectivity index (χ1n) is 11.4. The Labute approximate surface area is 214 Å². The third-order valence-electron chi connectivity index (χ3n) is 6.33. The number of ether oxygens (including phenoxy) is 2. The van der Waals surface area contributed by atoms with E-state index in [-0.39, 0.29) is 22.6 Å². The van der Waals surface area contributed by atoms with E-state index in [0.29, 0.717) is 0 Å². The summed E-state index contributed by atoms with van der Waals surface area (Å²) < 4.78 is 64.2. The first-order valence-corrected chi connectivity index (χ1v) is 11.4. The maximum atomic E-state index is 13.5. The molecule has 0 fully saturated rings. The lowest BCUT2D eigenvalue weighted by molar-refractivity contribution is 0.0724. The zero-order valence-electron chi connectivity index (χ0n) is 20.1. The lowest BCUT2D eigenvalue weighted by atomic mass is 9.93. The van der Waals surface area contributed by atoms with E-state index in [1.165, 1.54) is 0 Å². The van der Waals surface area contributed by atoms with Gasteiger partial charge in [0.1, 0.15) is 11.5 Å². The molecular formula is C30H18F4O4. The van der Waals surface area contributed by atoms with Gasteiger partial charge in [-0.15, -0.1) is 0 Å². The lowest BCUT2D eigenvalue weighted by Crippen LogP contribution is -2.09. The third kappa shape index (κ3) is 4.56. The van der Waals surface area contributed by atoms with E-state index in [0.717, 1.165) is 69.1 Å². The van der Waals surface area contributed by atoms with E-state index in [2.05, 4.69) is 0 Å². The smallest absolute Gasteiger partial charge is 0.343 e. The van der Waals surface area contributed by atoms with E-state index in [4.69, 9.17) is 9.47 Å². The van der Waals surface area contributed by atoms with Gasteiger partial charge in [0.15, 0.2) is 23.3 Å². The minimum Gasteiger partial charge on any atom is -0.423 e. The number of rotatable bonds is 4. The third-order valence-corrected chi connectivity index (χ3v) is 6.33. The Morgan fingerprint density at radius 3 is 1.26 bits per heavy atom. The van der Waals surface area contributed by atoms with Crippen molar-refractivity contribution in [3.63, 3.8) is 0 Å². The first-order chi connectivity index (χ1) is 18.1. The van der Waals surface area contributed by atoms with Crippen LogP contribution in [0.1, 0.15) is 31.8 Å². The number of aryl methyl sites for hydroxylation is 2. The maximum Gasteiger partial charge on any atom is 0.343 e. The molecule has 0 N–H and O–H groups in total. The quantitative estimate of drug-likeness (QED) is 0.106. The van der Waals surface area contributed by atoms with Crippen LogP contribution in [0.3, 0.4) is 0 Å². The fourth-order valence-corrected chi connectivity index (χ4v) is 4.32. The minimum atomic E-state index is -1.15. The minimum absolute atomic E-state index is 0.124. The number of esters is 2.